The van der Waals surface area contributed by atoms with Gasteiger partial charge >= 0.3 is 5.97 Å². The number of pyridine rings is 1. The third kappa shape index (κ3) is 20.6. The number of allylic oxidation sites excluding steroid dienone is 12. The molecule has 1 atom stereocenters. The Morgan fingerprint density at radius 1 is 0.829 bits per heavy atom. The lowest BCUT2D eigenvalue weighted by Crippen LogP contribution is -2.40. The summed E-state index contributed by atoms with van der Waals surface area (Å²) in [6.07, 6.45) is 36.7. The average molecular weight is 562 g/mol. The summed E-state index contributed by atoms with van der Waals surface area (Å²) in [7, 11) is 0. The minimum absolute atomic E-state index is 0.212. The molecule has 0 spiro atoms. The van der Waals surface area contributed by atoms with E-state index in [0.29, 0.717) is 37.8 Å². The molecule has 2 amide bonds. The van der Waals surface area contributed by atoms with Crippen LogP contribution in [0.15, 0.2) is 97.4 Å². The molecule has 3 N–H and O–H groups in total. The lowest BCUT2D eigenvalue weighted by atomic mass is 10.1. The summed E-state index contributed by atoms with van der Waals surface area (Å²) in [5.41, 5.74) is 0.482. The molecule has 0 saturated carbocycles. The number of nitrogens with zero attached hydrogens (tertiary/aromatic N) is 1. The van der Waals surface area contributed by atoms with Gasteiger partial charge in [-0.2, -0.15) is 0 Å². The van der Waals surface area contributed by atoms with E-state index in [0.717, 1.165) is 38.5 Å². The van der Waals surface area contributed by atoms with E-state index in [-0.39, 0.29) is 18.2 Å². The van der Waals surface area contributed by atoms with Crippen molar-refractivity contribution in [3.63, 3.8) is 0 Å². The van der Waals surface area contributed by atoms with Gasteiger partial charge in [-0.05, 0) is 76.3 Å². The first-order valence-electron chi connectivity index (χ1n) is 14.6. The lowest BCUT2D eigenvalue weighted by molar-refractivity contribution is -0.142. The SMILES string of the molecule is CC/C=C\C/C=C\C/C=C\C/C=C\C/C=C\C/C=C\CCC(=O)N[C@@H](CCCCNC(=O)c1cccnc1)C(=O)O. The number of carboxylic acids is 1. The van der Waals surface area contributed by atoms with Crippen LogP contribution in [0.1, 0.15) is 87.9 Å². The number of amides is 2. The topological polar surface area (TPSA) is 108 Å². The van der Waals surface area contributed by atoms with Gasteiger partial charge in [-0.15, -0.1) is 0 Å². The van der Waals surface area contributed by atoms with E-state index in [9.17, 15) is 19.5 Å². The molecule has 0 fully saturated rings. The molecule has 1 aromatic rings. The zero-order valence-corrected chi connectivity index (χ0v) is 24.4. The first-order valence-corrected chi connectivity index (χ1v) is 14.6. The van der Waals surface area contributed by atoms with Gasteiger partial charge in [0.1, 0.15) is 6.04 Å². The van der Waals surface area contributed by atoms with Gasteiger partial charge in [0.25, 0.3) is 5.91 Å². The highest BCUT2D eigenvalue weighted by Crippen LogP contribution is 2.04. The van der Waals surface area contributed by atoms with Gasteiger partial charge in [0.2, 0.25) is 5.91 Å². The first-order chi connectivity index (χ1) is 20.0. The third-order valence-corrected chi connectivity index (χ3v) is 5.90. The van der Waals surface area contributed by atoms with Crippen LogP contribution in [-0.2, 0) is 9.59 Å². The molecule has 0 aliphatic heterocycles. The van der Waals surface area contributed by atoms with Gasteiger partial charge in [-0.25, -0.2) is 4.79 Å². The summed E-state index contributed by atoms with van der Waals surface area (Å²) in [6.45, 7) is 2.57. The smallest absolute Gasteiger partial charge is 0.326 e. The van der Waals surface area contributed by atoms with Crippen molar-refractivity contribution < 1.29 is 19.5 Å². The molecule has 0 unspecified atom stereocenters. The molecule has 0 radical (unpaired) electrons. The van der Waals surface area contributed by atoms with Crippen LogP contribution in [0.2, 0.25) is 0 Å². The van der Waals surface area contributed by atoms with E-state index in [1.807, 2.05) is 12.2 Å². The van der Waals surface area contributed by atoms with E-state index in [1.165, 1.54) is 6.20 Å². The summed E-state index contributed by atoms with van der Waals surface area (Å²) in [6, 6.07) is 2.44. The number of hydrogen-bond acceptors (Lipinski definition) is 4. The standard InChI is InChI=1S/C34H47N3O4/c1-2-3-4-5-6-7-8-9-10-11-12-13-14-15-16-17-18-19-20-26-32(38)37-31(34(40)41)25-21-22-28-36-33(39)30-24-23-27-35-29-30/h3-4,6-7,9-10,12-13,15-16,18-19,23-24,27,29,31H,2,5,8,11,14,17,20-22,25-26,28H2,1H3,(H,36,39)(H,37,38)(H,40,41)/b4-3-,7-6-,10-9-,13-12-,16-15-,19-18-/t31-/m0/s1. The van der Waals surface area contributed by atoms with Crippen LogP contribution >= 0.6 is 0 Å². The molecule has 1 heterocycles. The predicted octanol–water partition coefficient (Wildman–Crippen LogP) is 7.03. The maximum atomic E-state index is 12.2. The average Bonchev–Trinajstić information content (AvgIpc) is 2.97. The second kappa shape index (κ2) is 25.0. The number of aromatic nitrogens is 1. The van der Waals surface area contributed by atoms with Crippen molar-refractivity contribution in [2.45, 2.75) is 83.6 Å². The van der Waals surface area contributed by atoms with E-state index in [1.54, 1.807) is 18.3 Å². The van der Waals surface area contributed by atoms with Gasteiger partial charge in [0.05, 0.1) is 5.56 Å². The zero-order chi connectivity index (χ0) is 29.8. The number of unbranched alkanes of at least 4 members (excludes halogenated alkanes) is 1. The normalized spacial score (nSPS) is 12.9. The van der Waals surface area contributed by atoms with Crippen molar-refractivity contribution in [3.8, 4) is 0 Å². The van der Waals surface area contributed by atoms with Gasteiger partial charge in [-0.3, -0.25) is 14.6 Å². The molecule has 41 heavy (non-hydrogen) atoms. The fourth-order valence-corrected chi connectivity index (χ4v) is 3.65. The molecule has 0 aliphatic carbocycles. The zero-order valence-electron chi connectivity index (χ0n) is 24.4. The molecule has 7 heteroatoms. The van der Waals surface area contributed by atoms with Gasteiger partial charge in [0.15, 0.2) is 0 Å². The fourth-order valence-electron chi connectivity index (χ4n) is 3.65. The van der Waals surface area contributed by atoms with Crippen LogP contribution in [-0.4, -0.2) is 40.5 Å². The highest BCUT2D eigenvalue weighted by atomic mass is 16.4. The summed E-state index contributed by atoms with van der Waals surface area (Å²) in [5.74, 6) is -1.54. The van der Waals surface area contributed by atoms with E-state index < -0.39 is 12.0 Å². The van der Waals surface area contributed by atoms with Crippen molar-refractivity contribution in [2.24, 2.45) is 0 Å². The molecule has 0 aliphatic rings. The van der Waals surface area contributed by atoms with Crippen molar-refractivity contribution in [1.29, 1.82) is 0 Å². The van der Waals surface area contributed by atoms with Crippen LogP contribution in [0.25, 0.3) is 0 Å². The highest BCUT2D eigenvalue weighted by molar-refractivity contribution is 5.93. The molecule has 1 aromatic heterocycles. The van der Waals surface area contributed by atoms with Gasteiger partial charge < -0.3 is 15.7 Å². The lowest BCUT2D eigenvalue weighted by Gasteiger charge is -2.14. The Kier molecular flexibility index (Phi) is 21.4. The quantitative estimate of drug-likeness (QED) is 0.104. The molecule has 222 valence electrons. The highest BCUT2D eigenvalue weighted by Gasteiger charge is 2.19. The molecule has 0 bridgehead atoms. The monoisotopic (exact) mass is 561 g/mol. The van der Waals surface area contributed by atoms with Crippen LogP contribution < -0.4 is 10.6 Å². The molecule has 1 rings (SSSR count). The third-order valence-electron chi connectivity index (χ3n) is 5.90. The number of carboxylic acid groups (broad SMARTS) is 1. The molecular formula is C34H47N3O4. The number of hydrogen-bond donors (Lipinski definition) is 3. The van der Waals surface area contributed by atoms with E-state index >= 15 is 0 Å². The van der Waals surface area contributed by atoms with Crippen molar-refractivity contribution >= 4 is 17.8 Å². The Balaban J connectivity index is 2.09. The Hall–Kier alpha value is -4.00. The Morgan fingerprint density at radius 2 is 1.39 bits per heavy atom. The predicted molar refractivity (Wildman–Crippen MR) is 167 cm³/mol. The summed E-state index contributed by atoms with van der Waals surface area (Å²) in [4.78, 5) is 39.6. The van der Waals surface area contributed by atoms with Crippen LogP contribution in [0.3, 0.4) is 0 Å². The summed E-state index contributed by atoms with van der Waals surface area (Å²) < 4.78 is 0. The van der Waals surface area contributed by atoms with Gasteiger partial charge in [-0.1, -0.05) is 79.8 Å². The number of carbonyl (C=O) groups excluding carboxylic acids is 2. The van der Waals surface area contributed by atoms with Crippen molar-refractivity contribution in [1.82, 2.24) is 15.6 Å². The molecular weight excluding hydrogens is 514 g/mol. The summed E-state index contributed by atoms with van der Waals surface area (Å²) >= 11 is 0. The number of aliphatic carboxylic acids is 1. The number of carbonyl (C=O) groups is 3. The second-order valence-corrected chi connectivity index (χ2v) is 9.41. The minimum atomic E-state index is -1.05. The fraction of sp³-hybridized carbons (Fsp3) is 0.412. The molecule has 7 nitrogen and oxygen atoms in total. The van der Waals surface area contributed by atoms with Crippen LogP contribution in [0, 0.1) is 0 Å². The Labute approximate surface area is 245 Å². The van der Waals surface area contributed by atoms with Crippen molar-refractivity contribution in [3.05, 3.63) is 103 Å². The summed E-state index contributed by atoms with van der Waals surface area (Å²) in [5, 5.41) is 14.8. The Bertz CT molecular complexity index is 1040. The number of nitrogens with one attached hydrogen (secondary N) is 2. The molecule has 0 saturated heterocycles. The van der Waals surface area contributed by atoms with Crippen LogP contribution in [0.4, 0.5) is 0 Å². The second-order valence-electron chi connectivity index (χ2n) is 9.41. The largest absolute Gasteiger partial charge is 0.480 e. The van der Waals surface area contributed by atoms with E-state index in [4.69, 9.17) is 0 Å². The maximum Gasteiger partial charge on any atom is 0.326 e. The van der Waals surface area contributed by atoms with Crippen molar-refractivity contribution in [2.75, 3.05) is 6.54 Å². The van der Waals surface area contributed by atoms with E-state index in [2.05, 4.69) is 83.3 Å². The minimum Gasteiger partial charge on any atom is -0.480 e. The first kappa shape index (κ1) is 35.0. The Morgan fingerprint density at radius 3 is 1.90 bits per heavy atom. The number of rotatable bonds is 22. The van der Waals surface area contributed by atoms with Crippen LogP contribution in [0.5, 0.6) is 0 Å². The molecule has 0 aromatic carbocycles. The van der Waals surface area contributed by atoms with Gasteiger partial charge in [0, 0.05) is 25.4 Å². The maximum absolute atomic E-state index is 12.2.